The molecule has 0 amide bonds. The molecule has 0 spiro atoms. The molecule has 0 fully saturated rings. The molecule has 0 aliphatic heterocycles. The first-order chi connectivity index (χ1) is 14.1. The first kappa shape index (κ1) is 23.8. The van der Waals surface area contributed by atoms with Gasteiger partial charge in [-0.3, -0.25) is 14.2 Å². The molecule has 0 N–H and O–H groups in total. The Balaban J connectivity index is 2.51. The maximum atomic E-state index is 13.5. The number of carbonyl (C=O) groups excluding carboxylic acids is 1. The third kappa shape index (κ3) is 6.24. The number of hydrogen-bond donors (Lipinski definition) is 0. The third-order valence-electron chi connectivity index (χ3n) is 4.14. The number of rotatable bonds is 9. The molecule has 9 heteroatoms. The molecule has 0 bridgehead atoms. The number of ether oxygens (including phenoxy) is 2. The van der Waals surface area contributed by atoms with Crippen molar-refractivity contribution < 1.29 is 27.1 Å². The predicted octanol–water partition coefficient (Wildman–Crippen LogP) is 3.35. The van der Waals surface area contributed by atoms with Gasteiger partial charge in [-0.15, -0.1) is 0 Å². The molecule has 1 aromatic heterocycles. The number of benzene rings is 1. The third-order valence-corrected chi connectivity index (χ3v) is 6.01. The topological polar surface area (TPSA) is 85.8 Å². The molecule has 7 nitrogen and oxygen atoms in total. The Labute approximate surface area is 176 Å². The zero-order valence-corrected chi connectivity index (χ0v) is 18.4. The maximum Gasteiger partial charge on any atom is 0.325 e. The zero-order chi connectivity index (χ0) is 22.4. The van der Waals surface area contributed by atoms with E-state index in [9.17, 15) is 17.6 Å². The molecule has 1 aromatic carbocycles. The smallest absolute Gasteiger partial charge is 0.325 e. The van der Waals surface area contributed by atoms with E-state index in [1.54, 1.807) is 39.1 Å². The van der Waals surface area contributed by atoms with Gasteiger partial charge in [0.2, 0.25) is 10.0 Å². The Kier molecular flexibility index (Phi) is 7.91. The van der Waals surface area contributed by atoms with E-state index in [0.29, 0.717) is 11.3 Å². The summed E-state index contributed by atoms with van der Waals surface area (Å²) < 4.78 is 51.7. The van der Waals surface area contributed by atoms with Gasteiger partial charge in [-0.25, -0.2) is 8.42 Å². The van der Waals surface area contributed by atoms with E-state index in [4.69, 9.17) is 9.47 Å². The van der Waals surface area contributed by atoms with E-state index in [-0.39, 0.29) is 17.9 Å². The molecule has 0 saturated heterocycles. The Morgan fingerprint density at radius 2 is 1.87 bits per heavy atom. The van der Waals surface area contributed by atoms with E-state index in [1.807, 2.05) is 0 Å². The van der Waals surface area contributed by atoms with E-state index in [2.05, 4.69) is 4.98 Å². The molecule has 0 aliphatic carbocycles. The largest absolute Gasteiger partial charge is 0.497 e. The zero-order valence-electron chi connectivity index (χ0n) is 17.5. The van der Waals surface area contributed by atoms with Crippen LogP contribution in [0.25, 0.3) is 0 Å². The van der Waals surface area contributed by atoms with Gasteiger partial charge >= 0.3 is 5.97 Å². The van der Waals surface area contributed by atoms with Crippen LogP contribution >= 0.6 is 0 Å². The Hall–Kier alpha value is -2.52. The van der Waals surface area contributed by atoms with Crippen LogP contribution in [0.1, 0.15) is 32.8 Å². The molecular weight excluding hydrogens is 411 g/mol. The Bertz CT molecular complexity index is 928. The minimum atomic E-state index is -4.16. The van der Waals surface area contributed by atoms with Gasteiger partial charge in [0.1, 0.15) is 17.4 Å². The van der Waals surface area contributed by atoms with Crippen molar-refractivity contribution in [2.24, 2.45) is 0 Å². The van der Waals surface area contributed by atoms with Gasteiger partial charge in [0.15, 0.2) is 0 Å². The first-order valence-electron chi connectivity index (χ1n) is 9.42. The second-order valence-corrected chi connectivity index (χ2v) is 9.50. The lowest BCUT2D eigenvalue weighted by Crippen LogP contribution is -2.47. The lowest BCUT2D eigenvalue weighted by molar-refractivity contribution is -0.160. The summed E-state index contributed by atoms with van der Waals surface area (Å²) >= 11 is 0. The van der Waals surface area contributed by atoms with Crippen LogP contribution in [0, 0.1) is 0 Å². The summed E-state index contributed by atoms with van der Waals surface area (Å²) in [5.41, 5.74) is -0.294. The van der Waals surface area contributed by atoms with Crippen LogP contribution in [0.2, 0.25) is 0 Å². The molecule has 2 aromatic rings. The monoisotopic (exact) mass is 438 g/mol. The highest BCUT2D eigenvalue weighted by molar-refractivity contribution is 7.89. The molecule has 2 rings (SSSR count). The summed E-state index contributed by atoms with van der Waals surface area (Å²) in [5, 5.41) is 0. The summed E-state index contributed by atoms with van der Waals surface area (Å²) in [6.07, 6.45) is 2.72. The number of sulfonamides is 1. The fraction of sp³-hybridized carbons (Fsp3) is 0.429. The van der Waals surface area contributed by atoms with Gasteiger partial charge in [0.25, 0.3) is 0 Å². The fourth-order valence-electron chi connectivity index (χ4n) is 2.77. The molecule has 164 valence electrons. The van der Waals surface area contributed by atoms with Gasteiger partial charge in [-0.2, -0.15) is 4.31 Å². The van der Waals surface area contributed by atoms with Gasteiger partial charge < -0.3 is 9.47 Å². The number of methoxy groups -OCH3 is 1. The molecule has 1 heterocycles. The van der Waals surface area contributed by atoms with Crippen LogP contribution in [0.3, 0.4) is 0 Å². The standard InChI is InChI=1S/C21H27FN2O5S/c1-21(2,3)29-20(25)19(11-12-22)24(15-16-6-5-13-23-14-16)30(26,27)18-9-7-17(28-4)8-10-18/h5-10,13-14,19H,11-12,15H2,1-4H3/t19-/m1/s1. The number of halogens is 1. The van der Waals surface area contributed by atoms with Crippen molar-refractivity contribution in [3.63, 3.8) is 0 Å². The summed E-state index contributed by atoms with van der Waals surface area (Å²) in [6, 6.07) is 7.79. The first-order valence-corrected chi connectivity index (χ1v) is 10.9. The molecule has 0 unspecified atom stereocenters. The second kappa shape index (κ2) is 9.99. The quantitative estimate of drug-likeness (QED) is 0.558. The molecule has 30 heavy (non-hydrogen) atoms. The number of pyridine rings is 1. The minimum Gasteiger partial charge on any atom is -0.497 e. The van der Waals surface area contributed by atoms with E-state index in [1.165, 1.54) is 37.6 Å². The number of esters is 1. The highest BCUT2D eigenvalue weighted by Crippen LogP contribution is 2.26. The SMILES string of the molecule is COc1ccc(S(=O)(=O)N(Cc2cccnc2)[C@H](CCF)C(=O)OC(C)(C)C)cc1. The Morgan fingerprint density at radius 1 is 1.20 bits per heavy atom. The molecule has 0 radical (unpaired) electrons. The van der Waals surface area contributed by atoms with Crippen LogP contribution in [0.5, 0.6) is 5.75 Å². The highest BCUT2D eigenvalue weighted by atomic mass is 32.2. The van der Waals surface area contributed by atoms with Crippen LogP contribution in [-0.2, 0) is 26.1 Å². The van der Waals surface area contributed by atoms with Crippen molar-refractivity contribution in [3.05, 3.63) is 54.4 Å². The van der Waals surface area contributed by atoms with Crippen molar-refractivity contribution in [3.8, 4) is 5.75 Å². The summed E-state index contributed by atoms with van der Waals surface area (Å²) in [5.74, 6) is -0.318. The van der Waals surface area contributed by atoms with Crippen LogP contribution in [0.15, 0.2) is 53.7 Å². The van der Waals surface area contributed by atoms with Crippen LogP contribution in [-0.4, -0.2) is 49.1 Å². The van der Waals surface area contributed by atoms with Crippen LogP contribution in [0.4, 0.5) is 4.39 Å². The van der Waals surface area contributed by atoms with Crippen molar-refractivity contribution in [1.82, 2.24) is 9.29 Å². The number of nitrogens with zero attached hydrogens (tertiary/aromatic N) is 2. The summed E-state index contributed by atoms with van der Waals surface area (Å²) in [6.45, 7) is 3.96. The van der Waals surface area contributed by atoms with Crippen molar-refractivity contribution in [1.29, 1.82) is 0 Å². The van der Waals surface area contributed by atoms with Crippen molar-refractivity contribution >= 4 is 16.0 Å². The number of carbonyl (C=O) groups is 1. The lowest BCUT2D eigenvalue weighted by Gasteiger charge is -2.31. The van der Waals surface area contributed by atoms with Crippen molar-refractivity contribution in [2.45, 2.75) is 50.3 Å². The predicted molar refractivity (Wildman–Crippen MR) is 110 cm³/mol. The highest BCUT2D eigenvalue weighted by Gasteiger charge is 2.38. The summed E-state index contributed by atoms with van der Waals surface area (Å²) in [7, 11) is -2.69. The van der Waals surface area contributed by atoms with Gasteiger partial charge in [-0.05, 0) is 56.7 Å². The normalized spacial score (nSPS) is 13.1. The maximum absolute atomic E-state index is 13.5. The van der Waals surface area contributed by atoms with E-state index in [0.717, 1.165) is 4.31 Å². The van der Waals surface area contributed by atoms with Gasteiger partial charge in [0, 0.05) is 25.4 Å². The molecule has 1 atom stereocenters. The Morgan fingerprint density at radius 3 is 2.37 bits per heavy atom. The number of alkyl halides is 1. The molecular formula is C21H27FN2O5S. The average Bonchev–Trinajstić information content (AvgIpc) is 2.70. The van der Waals surface area contributed by atoms with E-state index >= 15 is 0 Å². The lowest BCUT2D eigenvalue weighted by atomic mass is 10.1. The number of hydrogen-bond acceptors (Lipinski definition) is 6. The van der Waals surface area contributed by atoms with Gasteiger partial charge in [-0.1, -0.05) is 6.07 Å². The van der Waals surface area contributed by atoms with Crippen molar-refractivity contribution in [2.75, 3.05) is 13.8 Å². The summed E-state index contributed by atoms with van der Waals surface area (Å²) in [4.78, 5) is 16.8. The second-order valence-electron chi connectivity index (χ2n) is 7.61. The number of aromatic nitrogens is 1. The fourth-order valence-corrected chi connectivity index (χ4v) is 4.37. The van der Waals surface area contributed by atoms with Crippen LogP contribution < -0.4 is 4.74 Å². The molecule has 0 aliphatic rings. The average molecular weight is 439 g/mol. The van der Waals surface area contributed by atoms with Gasteiger partial charge in [0.05, 0.1) is 18.7 Å². The molecule has 0 saturated carbocycles. The minimum absolute atomic E-state index is 0.0420. The van der Waals surface area contributed by atoms with E-state index < -0.39 is 34.3 Å².